The predicted octanol–water partition coefficient (Wildman–Crippen LogP) is 4.05. The number of amides is 1. The molecule has 0 radical (unpaired) electrons. The van der Waals surface area contributed by atoms with Crippen LogP contribution in [0.25, 0.3) is 0 Å². The third kappa shape index (κ3) is 5.35. The van der Waals surface area contributed by atoms with Gasteiger partial charge in [0.1, 0.15) is 0 Å². The summed E-state index contributed by atoms with van der Waals surface area (Å²) in [4.78, 5) is 24.4. The monoisotopic (exact) mass is 431 g/mol. The Hall–Kier alpha value is -2.94. The van der Waals surface area contributed by atoms with E-state index in [0.717, 1.165) is 25.5 Å². The van der Waals surface area contributed by atoms with Crippen LogP contribution in [0.1, 0.15) is 42.5 Å². The number of hydrogen-bond acceptors (Lipinski definition) is 5. The first-order valence-electron chi connectivity index (χ1n) is 9.89. The zero-order chi connectivity index (χ0) is 21.7. The van der Waals surface area contributed by atoms with E-state index in [-0.39, 0.29) is 22.2 Å². The lowest BCUT2D eigenvalue weighted by molar-refractivity contribution is -0.385. The molecule has 0 spiro atoms. The minimum Gasteiger partial charge on any atom is -0.341 e. The lowest BCUT2D eigenvalue weighted by Crippen LogP contribution is -2.32. The number of rotatable bonds is 7. The highest BCUT2D eigenvalue weighted by molar-refractivity contribution is 7.92. The SMILES string of the molecule is CN(CC1CCCCC1)C(=O)c1ccc(NS(=O)(=O)c2cccc([N+](=O)[O-])c2)cc1. The molecule has 0 atom stereocenters. The van der Waals surface area contributed by atoms with E-state index in [1.165, 1.54) is 49.6 Å². The zero-order valence-electron chi connectivity index (χ0n) is 16.8. The molecule has 2 aromatic carbocycles. The van der Waals surface area contributed by atoms with Gasteiger partial charge in [-0.25, -0.2) is 8.42 Å². The van der Waals surface area contributed by atoms with Crippen molar-refractivity contribution >= 4 is 27.3 Å². The summed E-state index contributed by atoms with van der Waals surface area (Å²) in [5, 5.41) is 10.9. The third-order valence-corrected chi connectivity index (χ3v) is 6.71. The Morgan fingerprint density at radius 3 is 2.43 bits per heavy atom. The number of nitro benzene ring substituents is 1. The molecule has 0 saturated heterocycles. The first-order valence-corrected chi connectivity index (χ1v) is 11.4. The normalized spacial score (nSPS) is 14.8. The standard InChI is InChI=1S/C21H25N3O5S/c1-23(15-16-6-3-2-4-7-16)21(25)17-10-12-18(13-11-17)22-30(28,29)20-9-5-8-19(14-20)24(26)27/h5,8-14,16,22H,2-4,6-7,15H2,1H3. The molecule has 9 heteroatoms. The highest BCUT2D eigenvalue weighted by Gasteiger charge is 2.20. The maximum Gasteiger partial charge on any atom is 0.270 e. The van der Waals surface area contributed by atoms with Gasteiger partial charge in [-0.05, 0) is 49.1 Å². The Morgan fingerprint density at radius 2 is 1.80 bits per heavy atom. The van der Waals surface area contributed by atoms with Crippen LogP contribution in [-0.4, -0.2) is 37.7 Å². The molecule has 2 aromatic rings. The Kier molecular flexibility index (Phi) is 6.71. The summed E-state index contributed by atoms with van der Waals surface area (Å²) in [6.07, 6.45) is 5.99. The predicted molar refractivity (Wildman–Crippen MR) is 114 cm³/mol. The molecule has 1 aliphatic rings. The quantitative estimate of drug-likeness (QED) is 0.525. The molecular weight excluding hydrogens is 406 g/mol. The van der Waals surface area contributed by atoms with E-state index in [2.05, 4.69) is 4.72 Å². The Bertz CT molecular complexity index is 1020. The number of benzene rings is 2. The highest BCUT2D eigenvalue weighted by Crippen LogP contribution is 2.25. The van der Waals surface area contributed by atoms with Crippen molar-refractivity contribution in [2.75, 3.05) is 18.3 Å². The van der Waals surface area contributed by atoms with Crippen LogP contribution in [0.4, 0.5) is 11.4 Å². The molecule has 1 amide bonds. The van der Waals surface area contributed by atoms with Crippen LogP contribution >= 0.6 is 0 Å². The number of nitrogens with one attached hydrogen (secondary N) is 1. The van der Waals surface area contributed by atoms with Crippen LogP contribution in [-0.2, 0) is 10.0 Å². The van der Waals surface area contributed by atoms with Crippen LogP contribution in [0.2, 0.25) is 0 Å². The molecule has 1 N–H and O–H groups in total. The maximum absolute atomic E-state index is 12.7. The van der Waals surface area contributed by atoms with Gasteiger partial charge >= 0.3 is 0 Å². The van der Waals surface area contributed by atoms with Crippen LogP contribution in [0.3, 0.4) is 0 Å². The lowest BCUT2D eigenvalue weighted by atomic mass is 9.89. The number of carbonyl (C=O) groups excluding carboxylic acids is 1. The van der Waals surface area contributed by atoms with Gasteiger partial charge in [-0.2, -0.15) is 0 Å². The Labute approximate surface area is 176 Å². The average Bonchev–Trinajstić information content (AvgIpc) is 2.74. The second-order valence-electron chi connectivity index (χ2n) is 7.63. The van der Waals surface area contributed by atoms with Crippen LogP contribution < -0.4 is 4.72 Å². The summed E-state index contributed by atoms with van der Waals surface area (Å²) in [6, 6.07) is 11.0. The molecule has 0 aliphatic heterocycles. The van der Waals surface area contributed by atoms with E-state index in [1.54, 1.807) is 24.1 Å². The molecule has 30 heavy (non-hydrogen) atoms. The third-order valence-electron chi connectivity index (χ3n) is 5.33. The molecule has 8 nitrogen and oxygen atoms in total. The molecule has 0 unspecified atom stereocenters. The van der Waals surface area contributed by atoms with Gasteiger partial charge in [0.2, 0.25) is 0 Å². The number of nitrogens with zero attached hydrogens (tertiary/aromatic N) is 2. The van der Waals surface area contributed by atoms with E-state index in [4.69, 9.17) is 0 Å². The molecule has 0 aromatic heterocycles. The minimum absolute atomic E-state index is 0.103. The Balaban J connectivity index is 1.67. The van der Waals surface area contributed by atoms with Crippen molar-refractivity contribution in [3.05, 3.63) is 64.2 Å². The van der Waals surface area contributed by atoms with Crippen LogP contribution in [0.5, 0.6) is 0 Å². The van der Waals surface area contributed by atoms with Crippen LogP contribution in [0.15, 0.2) is 53.4 Å². The van der Waals surface area contributed by atoms with Crippen molar-refractivity contribution in [2.24, 2.45) is 5.92 Å². The van der Waals surface area contributed by atoms with Crippen molar-refractivity contribution in [2.45, 2.75) is 37.0 Å². The molecule has 1 saturated carbocycles. The minimum atomic E-state index is -3.99. The van der Waals surface area contributed by atoms with Crippen molar-refractivity contribution in [3.63, 3.8) is 0 Å². The van der Waals surface area contributed by atoms with E-state index in [9.17, 15) is 23.3 Å². The topological polar surface area (TPSA) is 110 Å². The number of nitro groups is 1. The first-order chi connectivity index (χ1) is 14.3. The van der Waals surface area contributed by atoms with Gasteiger partial charge in [0.05, 0.1) is 9.82 Å². The number of sulfonamides is 1. The summed E-state index contributed by atoms with van der Waals surface area (Å²) in [7, 11) is -2.20. The summed E-state index contributed by atoms with van der Waals surface area (Å²) >= 11 is 0. The van der Waals surface area contributed by atoms with Gasteiger partial charge in [-0.3, -0.25) is 19.6 Å². The van der Waals surface area contributed by atoms with Gasteiger partial charge < -0.3 is 4.90 Å². The summed E-state index contributed by atoms with van der Waals surface area (Å²) in [6.45, 7) is 0.722. The molecule has 0 heterocycles. The number of anilines is 1. The highest BCUT2D eigenvalue weighted by atomic mass is 32.2. The second-order valence-corrected chi connectivity index (χ2v) is 9.31. The zero-order valence-corrected chi connectivity index (χ0v) is 17.6. The molecular formula is C21H25N3O5S. The molecule has 1 fully saturated rings. The van der Waals surface area contributed by atoms with Crippen molar-refractivity contribution < 1.29 is 18.1 Å². The van der Waals surface area contributed by atoms with Gasteiger partial charge in [0.15, 0.2) is 0 Å². The molecule has 1 aliphatic carbocycles. The molecule has 160 valence electrons. The summed E-state index contributed by atoms with van der Waals surface area (Å²) in [5.41, 5.74) is 0.444. The molecule has 0 bridgehead atoms. The van der Waals surface area contributed by atoms with E-state index in [1.807, 2.05) is 0 Å². The van der Waals surface area contributed by atoms with E-state index < -0.39 is 14.9 Å². The van der Waals surface area contributed by atoms with E-state index >= 15 is 0 Å². The largest absolute Gasteiger partial charge is 0.341 e. The Morgan fingerprint density at radius 1 is 1.13 bits per heavy atom. The van der Waals surface area contributed by atoms with Crippen LogP contribution in [0, 0.1) is 16.0 Å². The summed E-state index contributed by atoms with van der Waals surface area (Å²) in [5.74, 6) is 0.433. The van der Waals surface area contributed by atoms with Gasteiger partial charge in [0.25, 0.3) is 21.6 Å². The fraction of sp³-hybridized carbons (Fsp3) is 0.381. The molecule has 3 rings (SSSR count). The fourth-order valence-corrected chi connectivity index (χ4v) is 4.82. The average molecular weight is 432 g/mol. The number of carbonyl (C=O) groups is 1. The van der Waals surface area contributed by atoms with Gasteiger partial charge in [-0.1, -0.05) is 25.3 Å². The van der Waals surface area contributed by atoms with Crippen molar-refractivity contribution in [3.8, 4) is 0 Å². The number of hydrogen-bond donors (Lipinski definition) is 1. The maximum atomic E-state index is 12.7. The number of non-ortho nitro benzene ring substituents is 1. The second kappa shape index (κ2) is 9.25. The van der Waals surface area contributed by atoms with Gasteiger partial charge in [-0.15, -0.1) is 0 Å². The van der Waals surface area contributed by atoms with Gasteiger partial charge in [0, 0.05) is 37.0 Å². The lowest BCUT2D eigenvalue weighted by Gasteiger charge is -2.27. The smallest absolute Gasteiger partial charge is 0.270 e. The van der Waals surface area contributed by atoms with E-state index in [0.29, 0.717) is 11.5 Å². The van der Waals surface area contributed by atoms with Crippen molar-refractivity contribution in [1.82, 2.24) is 4.90 Å². The summed E-state index contributed by atoms with van der Waals surface area (Å²) < 4.78 is 27.4. The first kappa shape index (κ1) is 21.8. The fourth-order valence-electron chi connectivity index (χ4n) is 3.72. The van der Waals surface area contributed by atoms with Crippen molar-refractivity contribution in [1.29, 1.82) is 0 Å².